The predicted molar refractivity (Wildman–Crippen MR) is 86.4 cm³/mol. The third-order valence-corrected chi connectivity index (χ3v) is 4.56. The van der Waals surface area contributed by atoms with Gasteiger partial charge in [0, 0.05) is 26.3 Å². The van der Waals surface area contributed by atoms with Gasteiger partial charge in [-0.2, -0.15) is 0 Å². The van der Waals surface area contributed by atoms with E-state index in [1.165, 1.54) is 12.8 Å². The maximum atomic E-state index is 12.1. The van der Waals surface area contributed by atoms with Crippen LogP contribution in [-0.2, 0) is 9.53 Å². The lowest BCUT2D eigenvalue weighted by Crippen LogP contribution is -2.50. The van der Waals surface area contributed by atoms with Crippen molar-refractivity contribution in [2.24, 2.45) is 5.92 Å². The molecular formula is C16H33N3O2. The van der Waals surface area contributed by atoms with Gasteiger partial charge >= 0.3 is 0 Å². The van der Waals surface area contributed by atoms with Crippen molar-refractivity contribution < 1.29 is 9.53 Å². The summed E-state index contributed by atoms with van der Waals surface area (Å²) in [6.45, 7) is 10.9. The fourth-order valence-electron chi connectivity index (χ4n) is 3.04. The van der Waals surface area contributed by atoms with Crippen LogP contribution in [0.15, 0.2) is 0 Å². The normalized spacial score (nSPS) is 20.2. The number of hydrogen-bond donors (Lipinski definition) is 2. The van der Waals surface area contributed by atoms with Crippen LogP contribution < -0.4 is 10.6 Å². The highest BCUT2D eigenvalue weighted by Gasteiger charge is 2.28. The number of rotatable bonds is 9. The van der Waals surface area contributed by atoms with E-state index in [2.05, 4.69) is 29.4 Å². The number of ether oxygens (including phenoxy) is 1. The van der Waals surface area contributed by atoms with Gasteiger partial charge in [0.05, 0.1) is 6.04 Å². The largest absolute Gasteiger partial charge is 0.385 e. The summed E-state index contributed by atoms with van der Waals surface area (Å²) < 4.78 is 4.99. The number of nitrogens with zero attached hydrogens (tertiary/aromatic N) is 1. The number of carbonyl (C=O) groups is 1. The summed E-state index contributed by atoms with van der Waals surface area (Å²) in [5.74, 6) is 0.877. The molecule has 2 unspecified atom stereocenters. The van der Waals surface area contributed by atoms with Crippen LogP contribution in [0.1, 0.15) is 40.0 Å². The van der Waals surface area contributed by atoms with Crippen LogP contribution in [0.25, 0.3) is 0 Å². The minimum absolute atomic E-state index is 0.0251. The van der Waals surface area contributed by atoms with Crippen molar-refractivity contribution >= 4 is 5.91 Å². The van der Waals surface area contributed by atoms with Gasteiger partial charge in [0.2, 0.25) is 5.91 Å². The summed E-state index contributed by atoms with van der Waals surface area (Å²) in [4.78, 5) is 14.4. The Morgan fingerprint density at radius 1 is 1.33 bits per heavy atom. The van der Waals surface area contributed by atoms with Crippen molar-refractivity contribution in [2.45, 2.75) is 52.1 Å². The SMILES string of the molecule is CCNC(C)C1CCN(C(C)C(=O)NCCCOC)CC1. The molecule has 21 heavy (non-hydrogen) atoms. The minimum Gasteiger partial charge on any atom is -0.385 e. The maximum absolute atomic E-state index is 12.1. The lowest BCUT2D eigenvalue weighted by molar-refractivity contribution is -0.126. The van der Waals surface area contributed by atoms with Crippen molar-refractivity contribution in [1.29, 1.82) is 0 Å². The summed E-state index contributed by atoms with van der Waals surface area (Å²) in [7, 11) is 1.68. The smallest absolute Gasteiger partial charge is 0.237 e. The van der Waals surface area contributed by atoms with Crippen LogP contribution in [0.2, 0.25) is 0 Å². The number of likely N-dealkylation sites (tertiary alicyclic amines) is 1. The molecule has 0 radical (unpaired) electrons. The number of amides is 1. The third kappa shape index (κ3) is 6.32. The van der Waals surface area contributed by atoms with Crippen molar-refractivity contribution in [2.75, 3.05) is 39.9 Å². The molecule has 0 aromatic rings. The molecule has 2 atom stereocenters. The molecule has 0 aliphatic carbocycles. The average Bonchev–Trinajstić information content (AvgIpc) is 2.51. The number of piperidine rings is 1. The Labute approximate surface area is 129 Å². The maximum Gasteiger partial charge on any atom is 0.237 e. The summed E-state index contributed by atoms with van der Waals surface area (Å²) in [6, 6.07) is 0.554. The molecule has 1 fully saturated rings. The molecule has 1 aliphatic rings. The van der Waals surface area contributed by atoms with Crippen LogP contribution >= 0.6 is 0 Å². The topological polar surface area (TPSA) is 53.6 Å². The second kappa shape index (κ2) is 10.1. The van der Waals surface area contributed by atoms with E-state index in [1.807, 2.05) is 6.92 Å². The zero-order chi connectivity index (χ0) is 15.7. The molecule has 1 saturated heterocycles. The molecule has 1 heterocycles. The molecule has 1 rings (SSSR count). The first-order valence-electron chi connectivity index (χ1n) is 8.34. The molecule has 0 aromatic heterocycles. The van der Waals surface area contributed by atoms with E-state index in [1.54, 1.807) is 7.11 Å². The van der Waals surface area contributed by atoms with Gasteiger partial charge in [-0.1, -0.05) is 6.92 Å². The van der Waals surface area contributed by atoms with E-state index in [9.17, 15) is 4.79 Å². The van der Waals surface area contributed by atoms with Crippen LogP contribution in [0.4, 0.5) is 0 Å². The quantitative estimate of drug-likeness (QED) is 0.629. The van der Waals surface area contributed by atoms with Crippen molar-refractivity contribution in [1.82, 2.24) is 15.5 Å². The Morgan fingerprint density at radius 3 is 2.57 bits per heavy atom. The Bertz CT molecular complexity index is 291. The summed E-state index contributed by atoms with van der Waals surface area (Å²) in [5, 5.41) is 6.51. The van der Waals surface area contributed by atoms with Crippen LogP contribution in [0, 0.1) is 5.92 Å². The Balaban J connectivity index is 2.27. The van der Waals surface area contributed by atoms with E-state index in [-0.39, 0.29) is 11.9 Å². The van der Waals surface area contributed by atoms with Gasteiger partial charge in [-0.3, -0.25) is 9.69 Å². The van der Waals surface area contributed by atoms with E-state index in [0.717, 1.165) is 32.0 Å². The highest BCUT2D eigenvalue weighted by Crippen LogP contribution is 2.22. The molecule has 1 amide bonds. The zero-order valence-electron chi connectivity index (χ0n) is 14.2. The predicted octanol–water partition coefficient (Wildman–Crippen LogP) is 1.24. The molecule has 0 aromatic carbocycles. The van der Waals surface area contributed by atoms with Gasteiger partial charge in [0.15, 0.2) is 0 Å². The highest BCUT2D eigenvalue weighted by molar-refractivity contribution is 5.81. The lowest BCUT2D eigenvalue weighted by atomic mass is 9.89. The fraction of sp³-hybridized carbons (Fsp3) is 0.938. The van der Waals surface area contributed by atoms with Gasteiger partial charge in [0.1, 0.15) is 0 Å². The van der Waals surface area contributed by atoms with Gasteiger partial charge in [-0.05, 0) is 58.7 Å². The molecule has 0 bridgehead atoms. The number of carbonyl (C=O) groups excluding carboxylic acids is 1. The van der Waals surface area contributed by atoms with Gasteiger partial charge in [-0.25, -0.2) is 0 Å². The fourth-order valence-corrected chi connectivity index (χ4v) is 3.04. The summed E-state index contributed by atoms with van der Waals surface area (Å²) in [5.41, 5.74) is 0. The monoisotopic (exact) mass is 299 g/mol. The molecular weight excluding hydrogens is 266 g/mol. The molecule has 5 heteroatoms. The minimum atomic E-state index is -0.0251. The molecule has 2 N–H and O–H groups in total. The second-order valence-electron chi connectivity index (χ2n) is 6.03. The van der Waals surface area contributed by atoms with Crippen LogP contribution in [0.3, 0.4) is 0 Å². The summed E-state index contributed by atoms with van der Waals surface area (Å²) in [6.07, 6.45) is 3.22. The Kier molecular flexibility index (Phi) is 8.88. The summed E-state index contributed by atoms with van der Waals surface area (Å²) >= 11 is 0. The van der Waals surface area contributed by atoms with Crippen molar-refractivity contribution in [3.8, 4) is 0 Å². The second-order valence-corrected chi connectivity index (χ2v) is 6.03. The zero-order valence-corrected chi connectivity index (χ0v) is 14.2. The molecule has 5 nitrogen and oxygen atoms in total. The first-order valence-corrected chi connectivity index (χ1v) is 8.34. The number of nitrogens with one attached hydrogen (secondary N) is 2. The van der Waals surface area contributed by atoms with E-state index in [4.69, 9.17) is 4.74 Å². The first-order chi connectivity index (χ1) is 10.1. The molecule has 0 spiro atoms. The highest BCUT2D eigenvalue weighted by atomic mass is 16.5. The number of hydrogen-bond acceptors (Lipinski definition) is 4. The van der Waals surface area contributed by atoms with Crippen molar-refractivity contribution in [3.63, 3.8) is 0 Å². The van der Waals surface area contributed by atoms with E-state index < -0.39 is 0 Å². The van der Waals surface area contributed by atoms with E-state index in [0.29, 0.717) is 19.2 Å². The van der Waals surface area contributed by atoms with Crippen LogP contribution in [-0.4, -0.2) is 62.8 Å². The molecule has 1 aliphatic heterocycles. The molecule has 0 saturated carbocycles. The Morgan fingerprint density at radius 2 is 2.00 bits per heavy atom. The van der Waals surface area contributed by atoms with Gasteiger partial charge in [0.25, 0.3) is 0 Å². The first kappa shape index (κ1) is 18.4. The average molecular weight is 299 g/mol. The van der Waals surface area contributed by atoms with Gasteiger partial charge < -0.3 is 15.4 Å². The standard InChI is InChI=1S/C16H33N3O2/c1-5-17-13(2)15-7-10-19(11-8-15)14(3)16(20)18-9-6-12-21-4/h13-15,17H,5-12H2,1-4H3,(H,18,20). The Hall–Kier alpha value is -0.650. The van der Waals surface area contributed by atoms with E-state index >= 15 is 0 Å². The van der Waals surface area contributed by atoms with Crippen LogP contribution in [0.5, 0.6) is 0 Å². The lowest BCUT2D eigenvalue weighted by Gasteiger charge is -2.37. The van der Waals surface area contributed by atoms with Crippen molar-refractivity contribution in [3.05, 3.63) is 0 Å². The third-order valence-electron chi connectivity index (χ3n) is 4.56. The number of methoxy groups -OCH3 is 1. The van der Waals surface area contributed by atoms with Gasteiger partial charge in [-0.15, -0.1) is 0 Å². The molecule has 124 valence electrons.